The SMILES string of the molecule is Cc1cc(-c2ccccc2)cc(C)c1B1C(c2[c-]cccc2)=Nc2ccccc21.[Ir]. The Morgan fingerprint density at radius 1 is 0.733 bits per heavy atom. The van der Waals surface area contributed by atoms with Crippen LogP contribution < -0.4 is 10.9 Å². The van der Waals surface area contributed by atoms with E-state index < -0.39 is 0 Å². The van der Waals surface area contributed by atoms with Gasteiger partial charge < -0.3 is 4.99 Å². The largest absolute Gasteiger partial charge is 0.308 e. The van der Waals surface area contributed by atoms with E-state index >= 15 is 0 Å². The van der Waals surface area contributed by atoms with Crippen molar-refractivity contribution in [1.29, 1.82) is 0 Å². The zero-order chi connectivity index (χ0) is 19.8. The summed E-state index contributed by atoms with van der Waals surface area (Å²) in [6.07, 6.45) is 0. The predicted molar refractivity (Wildman–Crippen MR) is 124 cm³/mol. The van der Waals surface area contributed by atoms with E-state index in [2.05, 4.69) is 98.8 Å². The molecule has 0 N–H and O–H groups in total. The van der Waals surface area contributed by atoms with Gasteiger partial charge in [-0.1, -0.05) is 82.7 Å². The van der Waals surface area contributed by atoms with Crippen LogP contribution in [0.4, 0.5) is 5.69 Å². The van der Waals surface area contributed by atoms with Crippen LogP contribution in [0.1, 0.15) is 16.7 Å². The maximum Gasteiger partial charge on any atom is 0.216 e. The third-order valence-electron chi connectivity index (χ3n) is 5.74. The fourth-order valence-electron chi connectivity index (χ4n) is 4.46. The fourth-order valence-corrected chi connectivity index (χ4v) is 4.46. The van der Waals surface area contributed by atoms with Gasteiger partial charge in [0.1, 0.15) is 0 Å². The summed E-state index contributed by atoms with van der Waals surface area (Å²) in [4.78, 5) is 5.03. The van der Waals surface area contributed by atoms with Crippen molar-refractivity contribution in [3.05, 3.63) is 114 Å². The van der Waals surface area contributed by atoms with E-state index in [-0.39, 0.29) is 26.8 Å². The summed E-state index contributed by atoms with van der Waals surface area (Å²) in [5.41, 5.74) is 11.0. The molecule has 0 saturated heterocycles. The number of hydrogen-bond acceptors (Lipinski definition) is 1. The summed E-state index contributed by atoms with van der Waals surface area (Å²) in [7, 11) is 0. The minimum atomic E-state index is 0. The van der Waals surface area contributed by atoms with Crippen molar-refractivity contribution < 1.29 is 20.1 Å². The quantitative estimate of drug-likeness (QED) is 0.245. The average molecular weight is 563 g/mol. The van der Waals surface area contributed by atoms with E-state index in [0.29, 0.717) is 0 Å². The Bertz CT molecular complexity index is 1190. The molecule has 0 unspecified atom stereocenters. The summed E-state index contributed by atoms with van der Waals surface area (Å²) >= 11 is 0. The van der Waals surface area contributed by atoms with Crippen molar-refractivity contribution in [2.75, 3.05) is 0 Å². The molecule has 0 atom stereocenters. The van der Waals surface area contributed by atoms with Crippen molar-refractivity contribution in [3.63, 3.8) is 0 Å². The van der Waals surface area contributed by atoms with Crippen LogP contribution in [0.5, 0.6) is 0 Å². The molecule has 1 heterocycles. The molecule has 4 aromatic carbocycles. The molecule has 0 aliphatic carbocycles. The summed E-state index contributed by atoms with van der Waals surface area (Å²) in [5, 5.41) is 0. The Balaban J connectivity index is 0.00000218. The second kappa shape index (κ2) is 8.56. The fraction of sp³-hybridized carbons (Fsp3) is 0.0741. The summed E-state index contributed by atoms with van der Waals surface area (Å²) < 4.78 is 0. The Kier molecular flexibility index (Phi) is 5.86. The van der Waals surface area contributed by atoms with E-state index in [1.165, 1.54) is 33.2 Å². The van der Waals surface area contributed by atoms with Gasteiger partial charge in [-0.25, -0.2) is 0 Å². The number of benzene rings is 4. The first-order chi connectivity index (χ1) is 14.2. The van der Waals surface area contributed by atoms with E-state index in [1.54, 1.807) is 0 Å². The number of nitrogens with zero attached hydrogens (tertiary/aromatic N) is 1. The first kappa shape index (κ1) is 20.5. The second-order valence-corrected chi connectivity index (χ2v) is 7.65. The van der Waals surface area contributed by atoms with Crippen molar-refractivity contribution in [2.24, 2.45) is 4.99 Å². The zero-order valence-electron chi connectivity index (χ0n) is 17.0. The first-order valence-corrected chi connectivity index (χ1v) is 10.0. The van der Waals surface area contributed by atoms with Crippen LogP contribution in [-0.4, -0.2) is 12.3 Å². The van der Waals surface area contributed by atoms with Crippen LogP contribution in [0.3, 0.4) is 0 Å². The number of para-hydroxylation sites is 1. The Labute approximate surface area is 192 Å². The van der Waals surface area contributed by atoms with Crippen molar-refractivity contribution in [1.82, 2.24) is 0 Å². The Morgan fingerprint density at radius 3 is 2.10 bits per heavy atom. The van der Waals surface area contributed by atoms with Gasteiger partial charge in [-0.15, -0.1) is 35.9 Å². The molecule has 0 fully saturated rings. The molecular formula is C27H21BIrN-. The maximum absolute atomic E-state index is 5.03. The maximum atomic E-state index is 5.03. The van der Waals surface area contributed by atoms with E-state index in [4.69, 9.17) is 4.99 Å². The van der Waals surface area contributed by atoms with Gasteiger partial charge in [-0.2, -0.15) is 0 Å². The van der Waals surface area contributed by atoms with Crippen LogP contribution in [0.2, 0.25) is 0 Å². The minimum absolute atomic E-state index is 0. The predicted octanol–water partition coefficient (Wildman–Crippen LogP) is 5.05. The third-order valence-corrected chi connectivity index (χ3v) is 5.74. The van der Waals surface area contributed by atoms with Gasteiger partial charge in [0, 0.05) is 25.8 Å². The van der Waals surface area contributed by atoms with Crippen LogP contribution in [0.25, 0.3) is 11.1 Å². The van der Waals surface area contributed by atoms with E-state index in [9.17, 15) is 0 Å². The van der Waals surface area contributed by atoms with E-state index in [0.717, 1.165) is 16.9 Å². The molecule has 0 aromatic heterocycles. The summed E-state index contributed by atoms with van der Waals surface area (Å²) in [5.74, 6) is 0. The average Bonchev–Trinajstić information content (AvgIpc) is 3.14. The topological polar surface area (TPSA) is 12.4 Å². The molecule has 0 amide bonds. The normalized spacial score (nSPS) is 12.2. The molecule has 147 valence electrons. The van der Waals surface area contributed by atoms with Crippen LogP contribution in [-0.2, 0) is 20.1 Å². The molecule has 1 radical (unpaired) electrons. The molecule has 3 heteroatoms. The summed E-state index contributed by atoms with van der Waals surface area (Å²) in [6.45, 7) is 4.58. The molecule has 1 aliphatic heterocycles. The number of rotatable bonds is 3. The van der Waals surface area contributed by atoms with Gasteiger partial charge in [0.25, 0.3) is 0 Å². The number of aliphatic imine (C=N–C) groups is 1. The van der Waals surface area contributed by atoms with Gasteiger partial charge in [0.15, 0.2) is 0 Å². The molecule has 4 aromatic rings. The molecule has 0 saturated carbocycles. The van der Waals surface area contributed by atoms with Gasteiger partial charge in [-0.3, -0.25) is 0 Å². The van der Waals surface area contributed by atoms with Crippen LogP contribution in [0, 0.1) is 19.9 Å². The number of fused-ring (bicyclic) bond motifs is 1. The standard InChI is InChI=1S/C27H21BN.Ir/c1-19-17-23(21-11-5-3-6-12-21)18-20(2)26(19)28-24-15-9-10-16-25(24)29-27(28)22-13-7-4-8-14-22;/h3-13,15-18H,1-2H3;/q-1;. The van der Waals surface area contributed by atoms with Gasteiger partial charge in [0.2, 0.25) is 6.71 Å². The smallest absolute Gasteiger partial charge is 0.216 e. The first-order valence-electron chi connectivity index (χ1n) is 10.0. The van der Waals surface area contributed by atoms with Gasteiger partial charge in [0.05, 0.1) is 0 Å². The molecule has 1 nitrogen and oxygen atoms in total. The van der Waals surface area contributed by atoms with Crippen LogP contribution >= 0.6 is 0 Å². The van der Waals surface area contributed by atoms with Crippen LogP contribution in [0.15, 0.2) is 96.0 Å². The van der Waals surface area contributed by atoms with Crippen molar-refractivity contribution in [2.45, 2.75) is 13.8 Å². The van der Waals surface area contributed by atoms with Gasteiger partial charge >= 0.3 is 0 Å². The number of hydrogen-bond donors (Lipinski definition) is 0. The monoisotopic (exact) mass is 563 g/mol. The minimum Gasteiger partial charge on any atom is -0.308 e. The third kappa shape index (κ3) is 3.60. The Morgan fingerprint density at radius 2 is 1.40 bits per heavy atom. The second-order valence-electron chi connectivity index (χ2n) is 7.65. The molecule has 1 aliphatic rings. The molecule has 0 bridgehead atoms. The van der Waals surface area contributed by atoms with E-state index in [1.807, 2.05) is 12.1 Å². The molecule has 0 spiro atoms. The molecule has 5 rings (SSSR count). The number of aryl methyl sites for hydroxylation is 2. The zero-order valence-corrected chi connectivity index (χ0v) is 19.4. The van der Waals surface area contributed by atoms with Crippen molar-refractivity contribution in [3.8, 4) is 11.1 Å². The molecular weight excluding hydrogens is 541 g/mol. The molecule has 30 heavy (non-hydrogen) atoms. The Hall–Kier alpha value is -2.74. The summed E-state index contributed by atoms with van der Waals surface area (Å²) in [6, 6.07) is 35.3. The van der Waals surface area contributed by atoms with Crippen molar-refractivity contribution >= 4 is 28.9 Å². The van der Waals surface area contributed by atoms with Gasteiger partial charge in [-0.05, 0) is 36.7 Å².